The fourth-order valence-corrected chi connectivity index (χ4v) is 2.59. The second-order valence-corrected chi connectivity index (χ2v) is 6.66. The predicted octanol–water partition coefficient (Wildman–Crippen LogP) is 0.661. The Bertz CT molecular complexity index is 1140. The van der Waals surface area contributed by atoms with Gasteiger partial charge in [0.05, 0.1) is 0 Å². The first kappa shape index (κ1) is 19.4. The molecule has 6 heteroatoms. The minimum atomic E-state index is -0.354. The highest BCUT2D eigenvalue weighted by atomic mass is 16.5. The van der Waals surface area contributed by atoms with E-state index in [0.29, 0.717) is 6.61 Å². The highest BCUT2D eigenvalue weighted by Gasteiger charge is 1.98. The molecule has 0 amide bonds. The molecule has 1 heterocycles. The first-order valence-electron chi connectivity index (χ1n) is 9.00. The van der Waals surface area contributed by atoms with Crippen LogP contribution in [0.15, 0.2) is 64.2 Å². The molecule has 0 fully saturated rings. The molecule has 1 aromatic heterocycles. The van der Waals surface area contributed by atoms with Gasteiger partial charge in [-0.05, 0) is 49.5 Å². The minimum absolute atomic E-state index is 0.205. The Kier molecular flexibility index (Phi) is 6.24. The van der Waals surface area contributed by atoms with Gasteiger partial charge in [-0.15, -0.1) is 0 Å². The van der Waals surface area contributed by atoms with Crippen molar-refractivity contribution < 1.29 is 4.74 Å². The largest absolute Gasteiger partial charge is 0.492 e. The quantitative estimate of drug-likeness (QED) is 0.662. The molecule has 6 nitrogen and oxygen atoms in total. The number of aromatic amines is 2. The summed E-state index contributed by atoms with van der Waals surface area (Å²) in [5, 5.41) is 0.425. The van der Waals surface area contributed by atoms with E-state index in [0.717, 1.165) is 23.4 Å². The summed E-state index contributed by atoms with van der Waals surface area (Å²) in [6.07, 6.45) is 3.28. The van der Waals surface area contributed by atoms with Crippen LogP contribution in [0.5, 0.6) is 5.75 Å². The molecule has 144 valence electrons. The third-order valence-corrected chi connectivity index (χ3v) is 4.09. The Morgan fingerprint density at radius 2 is 1.36 bits per heavy atom. The Morgan fingerprint density at radius 3 is 1.89 bits per heavy atom. The van der Waals surface area contributed by atoms with Gasteiger partial charge in [0, 0.05) is 6.54 Å². The number of rotatable bonds is 6. The first-order valence-corrected chi connectivity index (χ1v) is 9.00. The molecule has 0 unspecified atom stereocenters. The number of nitrogens with zero attached hydrogens (tertiary/aromatic N) is 1. The van der Waals surface area contributed by atoms with Crippen molar-refractivity contribution in [2.45, 2.75) is 0 Å². The smallest absolute Gasteiger partial charge is 0.272 e. The molecule has 0 saturated carbocycles. The molecule has 2 N–H and O–H groups in total. The van der Waals surface area contributed by atoms with Crippen molar-refractivity contribution in [2.75, 3.05) is 27.2 Å². The molecule has 0 aliphatic rings. The monoisotopic (exact) mass is 377 g/mol. The van der Waals surface area contributed by atoms with Gasteiger partial charge in [-0.25, -0.2) is 0 Å². The van der Waals surface area contributed by atoms with E-state index in [1.54, 1.807) is 12.2 Å². The van der Waals surface area contributed by atoms with Crippen LogP contribution < -0.4 is 26.6 Å². The van der Waals surface area contributed by atoms with E-state index in [9.17, 15) is 9.59 Å². The lowest BCUT2D eigenvalue weighted by Gasteiger charge is -2.10. The summed E-state index contributed by atoms with van der Waals surface area (Å²) < 4.78 is 5.65. The van der Waals surface area contributed by atoms with Gasteiger partial charge in [0.1, 0.15) is 23.1 Å². The van der Waals surface area contributed by atoms with Crippen LogP contribution in [-0.2, 0) is 0 Å². The summed E-state index contributed by atoms with van der Waals surface area (Å²) in [6, 6.07) is 16.7. The summed E-state index contributed by atoms with van der Waals surface area (Å²) >= 11 is 0. The average Bonchev–Trinajstić information content (AvgIpc) is 2.68. The van der Waals surface area contributed by atoms with Gasteiger partial charge in [0.15, 0.2) is 0 Å². The minimum Gasteiger partial charge on any atom is -0.492 e. The molecule has 0 radical (unpaired) electrons. The summed E-state index contributed by atoms with van der Waals surface area (Å²) in [7, 11) is 3.98. The zero-order valence-electron chi connectivity index (χ0n) is 15.9. The van der Waals surface area contributed by atoms with Gasteiger partial charge < -0.3 is 19.6 Å². The number of aromatic nitrogens is 2. The summed E-state index contributed by atoms with van der Waals surface area (Å²) in [5.41, 5.74) is 0.928. The van der Waals surface area contributed by atoms with E-state index in [-0.39, 0.29) is 21.8 Å². The molecule has 0 aliphatic heterocycles. The standard InChI is InChI=1S/C22H23N3O3/c1-25(2)12-13-28-18-10-8-17(9-11-18)15-20-22(27)23-19(21(26)24-20)14-16-6-4-3-5-7-16/h3-11,14-15H,12-13H2,1-2H3,(H,23,27)(H,24,26)/b19-14+,20-15-. The maximum Gasteiger partial charge on any atom is 0.272 e. The molecule has 0 saturated heterocycles. The van der Waals surface area contributed by atoms with Crippen LogP contribution in [0.1, 0.15) is 11.1 Å². The van der Waals surface area contributed by atoms with Crippen molar-refractivity contribution >= 4 is 12.2 Å². The SMILES string of the molecule is CN(C)CCOc1ccc(/C=c2\[nH]c(=O)/c(=C\c3ccccc3)[nH]c2=O)cc1. The molecule has 0 bridgehead atoms. The summed E-state index contributed by atoms with van der Waals surface area (Å²) in [4.78, 5) is 32.0. The number of likely N-dealkylation sites (N-methyl/N-ethyl adjacent to an activating group) is 1. The topological polar surface area (TPSA) is 78.2 Å². The van der Waals surface area contributed by atoms with Gasteiger partial charge >= 0.3 is 0 Å². The average molecular weight is 377 g/mol. The highest BCUT2D eigenvalue weighted by Crippen LogP contribution is 2.12. The molecule has 2 aromatic carbocycles. The first-order chi connectivity index (χ1) is 13.5. The number of benzene rings is 2. The fraction of sp³-hybridized carbons (Fsp3) is 0.182. The van der Waals surface area contributed by atoms with Crippen LogP contribution in [0.2, 0.25) is 0 Å². The maximum atomic E-state index is 12.4. The fourth-order valence-electron chi connectivity index (χ4n) is 2.59. The third-order valence-electron chi connectivity index (χ3n) is 4.09. The van der Waals surface area contributed by atoms with E-state index in [1.165, 1.54) is 0 Å². The number of hydrogen-bond acceptors (Lipinski definition) is 4. The van der Waals surface area contributed by atoms with Crippen LogP contribution in [0, 0.1) is 0 Å². The number of hydrogen-bond donors (Lipinski definition) is 2. The zero-order chi connectivity index (χ0) is 19.9. The zero-order valence-corrected chi connectivity index (χ0v) is 15.9. The molecule has 3 rings (SSSR count). The second kappa shape index (κ2) is 9.01. The number of H-pyrrole nitrogens is 2. The van der Waals surface area contributed by atoms with Gasteiger partial charge in [-0.3, -0.25) is 9.59 Å². The highest BCUT2D eigenvalue weighted by molar-refractivity contribution is 5.50. The molecule has 28 heavy (non-hydrogen) atoms. The normalized spacial score (nSPS) is 12.5. The van der Waals surface area contributed by atoms with Crippen LogP contribution in [0.3, 0.4) is 0 Å². The molecule has 0 aliphatic carbocycles. The lowest BCUT2D eigenvalue weighted by Crippen LogP contribution is -2.46. The summed E-state index contributed by atoms with van der Waals surface area (Å²) in [6.45, 7) is 1.43. The summed E-state index contributed by atoms with van der Waals surface area (Å²) in [5.74, 6) is 0.759. The Balaban J connectivity index is 1.85. The van der Waals surface area contributed by atoms with Crippen molar-refractivity contribution in [3.05, 3.63) is 97.1 Å². The Labute approximate surface area is 162 Å². The predicted molar refractivity (Wildman–Crippen MR) is 111 cm³/mol. The van der Waals surface area contributed by atoms with Crippen LogP contribution in [-0.4, -0.2) is 42.1 Å². The van der Waals surface area contributed by atoms with E-state index in [4.69, 9.17) is 4.74 Å². The van der Waals surface area contributed by atoms with Crippen molar-refractivity contribution in [3.63, 3.8) is 0 Å². The lowest BCUT2D eigenvalue weighted by atomic mass is 10.2. The molecule has 0 spiro atoms. The van der Waals surface area contributed by atoms with Crippen molar-refractivity contribution in [1.29, 1.82) is 0 Å². The van der Waals surface area contributed by atoms with Crippen LogP contribution >= 0.6 is 0 Å². The second-order valence-electron chi connectivity index (χ2n) is 6.66. The Hall–Kier alpha value is -3.38. The van der Waals surface area contributed by atoms with E-state index in [1.807, 2.05) is 73.6 Å². The van der Waals surface area contributed by atoms with Crippen molar-refractivity contribution in [1.82, 2.24) is 14.9 Å². The van der Waals surface area contributed by atoms with Gasteiger partial charge in [-0.1, -0.05) is 42.5 Å². The van der Waals surface area contributed by atoms with Gasteiger partial charge in [0.25, 0.3) is 11.1 Å². The van der Waals surface area contributed by atoms with Gasteiger partial charge in [-0.2, -0.15) is 0 Å². The molecule has 0 atom stereocenters. The van der Waals surface area contributed by atoms with Gasteiger partial charge in [0.2, 0.25) is 0 Å². The van der Waals surface area contributed by atoms with E-state index >= 15 is 0 Å². The maximum absolute atomic E-state index is 12.4. The molecular weight excluding hydrogens is 354 g/mol. The molecular formula is C22H23N3O3. The Morgan fingerprint density at radius 1 is 0.821 bits per heavy atom. The van der Waals surface area contributed by atoms with Crippen molar-refractivity contribution in [3.8, 4) is 5.75 Å². The molecule has 3 aromatic rings. The van der Waals surface area contributed by atoms with Crippen molar-refractivity contribution in [2.24, 2.45) is 0 Å². The van der Waals surface area contributed by atoms with E-state index < -0.39 is 0 Å². The lowest BCUT2D eigenvalue weighted by molar-refractivity contribution is 0.261. The number of nitrogens with one attached hydrogen (secondary N) is 2. The number of ether oxygens (including phenoxy) is 1. The van der Waals surface area contributed by atoms with E-state index in [2.05, 4.69) is 9.97 Å². The third kappa shape index (κ3) is 5.31. The van der Waals surface area contributed by atoms with Crippen LogP contribution in [0.25, 0.3) is 12.2 Å². The van der Waals surface area contributed by atoms with Crippen LogP contribution in [0.4, 0.5) is 0 Å².